The summed E-state index contributed by atoms with van der Waals surface area (Å²) in [5.41, 5.74) is 8.12. The maximum Gasteiger partial charge on any atom is 0.245 e. The number of nitrogens with two attached hydrogens (primary N) is 1. The van der Waals surface area contributed by atoms with Gasteiger partial charge in [0.05, 0.1) is 20.8 Å². The normalized spacial score (nSPS) is 10.8. The van der Waals surface area contributed by atoms with Crippen LogP contribution in [-0.2, 0) is 6.54 Å². The van der Waals surface area contributed by atoms with Crippen LogP contribution < -0.4 is 15.2 Å². The van der Waals surface area contributed by atoms with Crippen LogP contribution in [0, 0.1) is 0 Å². The van der Waals surface area contributed by atoms with Gasteiger partial charge in [-0.25, -0.2) is 15.0 Å². The van der Waals surface area contributed by atoms with Gasteiger partial charge in [0.1, 0.15) is 6.33 Å². The molecule has 0 spiro atoms. The van der Waals surface area contributed by atoms with Gasteiger partial charge in [-0.15, -0.1) is 0 Å². The number of nitrogens with zero attached hydrogens (tertiary/aromatic N) is 5. The quantitative estimate of drug-likeness (QED) is 0.759. The lowest BCUT2D eigenvalue weighted by Gasteiger charge is -2.07. The average molecular weight is 286 g/mol. The fourth-order valence-electron chi connectivity index (χ4n) is 2.08. The molecule has 0 saturated carbocycles. The molecule has 0 aliphatic carbocycles. The second kappa shape index (κ2) is 5.23. The predicted molar refractivity (Wildman–Crippen MR) is 76.2 cm³/mol. The first-order chi connectivity index (χ1) is 10.2. The number of hydrogen-bond donors (Lipinski definition) is 1. The van der Waals surface area contributed by atoms with E-state index >= 15 is 0 Å². The standard InChI is InChI=1S/C13H14N6O2/c1-20-9-5-8(3-4-15-9)6-19-11-10(18-13(19)14)12(21-2)17-7-16-11/h3-5,7H,6H2,1-2H3,(H2,14,18). The molecule has 3 rings (SSSR count). The third-order valence-corrected chi connectivity index (χ3v) is 3.07. The Kier molecular flexibility index (Phi) is 3.27. The number of methoxy groups -OCH3 is 2. The van der Waals surface area contributed by atoms with Gasteiger partial charge in [-0.05, 0) is 11.6 Å². The van der Waals surface area contributed by atoms with Crippen molar-refractivity contribution in [3.8, 4) is 11.8 Å². The highest BCUT2D eigenvalue weighted by molar-refractivity contribution is 5.79. The molecule has 3 heterocycles. The monoisotopic (exact) mass is 286 g/mol. The molecule has 108 valence electrons. The Morgan fingerprint density at radius 3 is 2.81 bits per heavy atom. The zero-order chi connectivity index (χ0) is 14.8. The number of ether oxygens (including phenoxy) is 2. The molecule has 0 aliphatic rings. The maximum atomic E-state index is 5.98. The number of aromatic nitrogens is 5. The fourth-order valence-corrected chi connectivity index (χ4v) is 2.08. The van der Waals surface area contributed by atoms with Crippen molar-refractivity contribution in [1.82, 2.24) is 24.5 Å². The Morgan fingerprint density at radius 1 is 1.19 bits per heavy atom. The van der Waals surface area contributed by atoms with Crippen molar-refractivity contribution in [3.05, 3.63) is 30.2 Å². The summed E-state index contributed by atoms with van der Waals surface area (Å²) in [7, 11) is 3.11. The van der Waals surface area contributed by atoms with Crippen molar-refractivity contribution in [2.24, 2.45) is 0 Å². The minimum absolute atomic E-state index is 0.347. The molecule has 0 radical (unpaired) electrons. The lowest BCUT2D eigenvalue weighted by Crippen LogP contribution is -2.06. The first-order valence-corrected chi connectivity index (χ1v) is 6.22. The molecule has 8 nitrogen and oxygen atoms in total. The van der Waals surface area contributed by atoms with Gasteiger partial charge >= 0.3 is 0 Å². The Balaban J connectivity index is 2.06. The Bertz CT molecular complexity index is 785. The van der Waals surface area contributed by atoms with Crippen LogP contribution in [0.1, 0.15) is 5.56 Å². The van der Waals surface area contributed by atoms with Gasteiger partial charge in [-0.2, -0.15) is 4.98 Å². The van der Waals surface area contributed by atoms with E-state index < -0.39 is 0 Å². The van der Waals surface area contributed by atoms with Crippen molar-refractivity contribution in [2.75, 3.05) is 20.0 Å². The Labute approximate surface area is 120 Å². The zero-order valence-corrected chi connectivity index (χ0v) is 11.6. The van der Waals surface area contributed by atoms with Crippen molar-refractivity contribution < 1.29 is 9.47 Å². The van der Waals surface area contributed by atoms with Gasteiger partial charge in [0.2, 0.25) is 17.7 Å². The third-order valence-electron chi connectivity index (χ3n) is 3.07. The molecule has 0 bridgehead atoms. The molecule has 0 aromatic carbocycles. The summed E-state index contributed by atoms with van der Waals surface area (Å²) >= 11 is 0. The summed E-state index contributed by atoms with van der Waals surface area (Å²) in [5, 5.41) is 0. The molecule has 21 heavy (non-hydrogen) atoms. The molecule has 2 N–H and O–H groups in total. The minimum Gasteiger partial charge on any atom is -0.481 e. The molecule has 8 heteroatoms. The van der Waals surface area contributed by atoms with E-state index in [1.54, 1.807) is 17.9 Å². The molecular formula is C13H14N6O2. The van der Waals surface area contributed by atoms with Crippen LogP contribution in [0.15, 0.2) is 24.7 Å². The molecule has 0 amide bonds. The summed E-state index contributed by atoms with van der Waals surface area (Å²) in [5.74, 6) is 1.29. The van der Waals surface area contributed by atoms with E-state index in [4.69, 9.17) is 15.2 Å². The lowest BCUT2D eigenvalue weighted by atomic mass is 10.2. The van der Waals surface area contributed by atoms with Crippen LogP contribution in [0.25, 0.3) is 11.2 Å². The van der Waals surface area contributed by atoms with Crippen LogP contribution in [-0.4, -0.2) is 38.7 Å². The van der Waals surface area contributed by atoms with E-state index in [1.807, 2.05) is 12.1 Å². The van der Waals surface area contributed by atoms with Crippen molar-refractivity contribution >= 4 is 17.1 Å². The number of pyridine rings is 1. The van der Waals surface area contributed by atoms with Crippen molar-refractivity contribution in [3.63, 3.8) is 0 Å². The molecule has 0 fully saturated rings. The van der Waals surface area contributed by atoms with E-state index in [1.165, 1.54) is 13.4 Å². The Hall–Kier alpha value is -2.90. The largest absolute Gasteiger partial charge is 0.481 e. The van der Waals surface area contributed by atoms with Crippen molar-refractivity contribution in [2.45, 2.75) is 6.54 Å². The first kappa shape index (κ1) is 13.1. The number of rotatable bonds is 4. The highest BCUT2D eigenvalue weighted by Crippen LogP contribution is 2.23. The number of anilines is 1. The van der Waals surface area contributed by atoms with Gasteiger partial charge in [0.15, 0.2) is 11.2 Å². The SMILES string of the molecule is COc1cc(Cn2c(N)nc3c(OC)ncnc32)ccn1. The maximum absolute atomic E-state index is 5.98. The number of imidazole rings is 1. The molecule has 0 atom stereocenters. The van der Waals surface area contributed by atoms with Crippen LogP contribution in [0.3, 0.4) is 0 Å². The second-order valence-corrected chi connectivity index (χ2v) is 4.32. The topological polar surface area (TPSA) is 101 Å². The number of hydrogen-bond acceptors (Lipinski definition) is 7. The van der Waals surface area contributed by atoms with Crippen LogP contribution in [0.2, 0.25) is 0 Å². The van der Waals surface area contributed by atoms with E-state index in [0.29, 0.717) is 35.4 Å². The van der Waals surface area contributed by atoms with E-state index in [2.05, 4.69) is 19.9 Å². The minimum atomic E-state index is 0.347. The molecule has 3 aromatic rings. The van der Waals surface area contributed by atoms with Gasteiger partial charge in [-0.1, -0.05) is 0 Å². The molecule has 0 saturated heterocycles. The van der Waals surface area contributed by atoms with Gasteiger partial charge in [-0.3, -0.25) is 4.57 Å². The second-order valence-electron chi connectivity index (χ2n) is 4.32. The predicted octanol–water partition coefficient (Wildman–Crippen LogP) is 0.869. The molecule has 3 aromatic heterocycles. The summed E-state index contributed by atoms with van der Waals surface area (Å²) in [6.45, 7) is 0.501. The summed E-state index contributed by atoms with van der Waals surface area (Å²) in [4.78, 5) is 16.6. The third kappa shape index (κ3) is 2.31. The van der Waals surface area contributed by atoms with E-state index in [0.717, 1.165) is 5.56 Å². The van der Waals surface area contributed by atoms with E-state index in [9.17, 15) is 0 Å². The Morgan fingerprint density at radius 2 is 2.05 bits per heavy atom. The molecular weight excluding hydrogens is 272 g/mol. The summed E-state index contributed by atoms with van der Waals surface area (Å²) in [6, 6.07) is 3.72. The highest BCUT2D eigenvalue weighted by atomic mass is 16.5. The van der Waals surface area contributed by atoms with Crippen LogP contribution >= 0.6 is 0 Å². The lowest BCUT2D eigenvalue weighted by molar-refractivity contribution is 0.397. The molecule has 0 unspecified atom stereocenters. The van der Waals surface area contributed by atoms with Crippen LogP contribution in [0.5, 0.6) is 11.8 Å². The number of nitrogen functional groups attached to an aromatic ring is 1. The van der Waals surface area contributed by atoms with E-state index in [-0.39, 0.29) is 0 Å². The summed E-state index contributed by atoms with van der Waals surface area (Å²) in [6.07, 6.45) is 3.10. The number of fused-ring (bicyclic) bond motifs is 1. The smallest absolute Gasteiger partial charge is 0.245 e. The average Bonchev–Trinajstić information content (AvgIpc) is 2.83. The van der Waals surface area contributed by atoms with Gasteiger partial charge < -0.3 is 15.2 Å². The molecule has 0 aliphatic heterocycles. The van der Waals surface area contributed by atoms with Gasteiger partial charge in [0, 0.05) is 12.3 Å². The van der Waals surface area contributed by atoms with Gasteiger partial charge in [0.25, 0.3) is 0 Å². The van der Waals surface area contributed by atoms with Crippen LogP contribution in [0.4, 0.5) is 5.95 Å². The highest BCUT2D eigenvalue weighted by Gasteiger charge is 2.14. The fraction of sp³-hybridized carbons (Fsp3) is 0.231. The van der Waals surface area contributed by atoms with Crippen molar-refractivity contribution in [1.29, 1.82) is 0 Å². The summed E-state index contributed by atoms with van der Waals surface area (Å²) < 4.78 is 12.1. The first-order valence-electron chi connectivity index (χ1n) is 6.22. The zero-order valence-electron chi connectivity index (χ0n) is 11.6.